The number of fused-ring (bicyclic) bond motifs is 1. The number of allylic oxidation sites excluding steroid dienone is 2. The van der Waals surface area contributed by atoms with Crippen molar-refractivity contribution in [3.05, 3.63) is 34.6 Å². The summed E-state index contributed by atoms with van der Waals surface area (Å²) < 4.78 is 5.80. The van der Waals surface area contributed by atoms with Crippen LogP contribution in [0.4, 0.5) is 0 Å². The number of carbonyl (C=O) groups is 1. The maximum Gasteiger partial charge on any atom is 0.231 e. The predicted molar refractivity (Wildman–Crippen MR) is 85.1 cm³/mol. The van der Waals surface area contributed by atoms with Crippen LogP contribution in [0, 0.1) is 5.92 Å². The number of carbonyl (C=O) groups excluding carboxylic acids is 1. The molecule has 0 radical (unpaired) electrons. The fourth-order valence-corrected chi connectivity index (χ4v) is 3.32. The van der Waals surface area contributed by atoms with Crippen LogP contribution in [0.25, 0.3) is 0 Å². The van der Waals surface area contributed by atoms with Crippen LogP contribution in [0.2, 0.25) is 0 Å². The molecule has 4 heteroatoms. The van der Waals surface area contributed by atoms with Crippen molar-refractivity contribution >= 4 is 5.78 Å². The number of aromatic hydroxyl groups is 1. The SMILES string of the molecule is CC(C)=C1Oc2c(ccc(O)c2CN2CCCC(C)C2)C1=O. The molecular weight excluding hydrogens is 278 g/mol. The number of nitrogens with zero attached hydrogens (tertiary/aromatic N) is 1. The normalized spacial score (nSPS) is 21.7. The second-order valence-electron chi connectivity index (χ2n) is 6.68. The lowest BCUT2D eigenvalue weighted by molar-refractivity contribution is 0.101. The Kier molecular flexibility index (Phi) is 3.96. The summed E-state index contributed by atoms with van der Waals surface area (Å²) in [4.78, 5) is 14.7. The highest BCUT2D eigenvalue weighted by molar-refractivity contribution is 6.13. The first-order valence-corrected chi connectivity index (χ1v) is 7.94. The lowest BCUT2D eigenvalue weighted by atomic mass is 9.99. The lowest BCUT2D eigenvalue weighted by Crippen LogP contribution is -2.33. The number of piperidine rings is 1. The highest BCUT2D eigenvalue weighted by Gasteiger charge is 2.32. The molecule has 4 nitrogen and oxygen atoms in total. The Morgan fingerprint density at radius 2 is 2.18 bits per heavy atom. The minimum absolute atomic E-state index is 0.0803. The minimum Gasteiger partial charge on any atom is -0.507 e. The van der Waals surface area contributed by atoms with Gasteiger partial charge in [0.2, 0.25) is 5.78 Å². The smallest absolute Gasteiger partial charge is 0.231 e. The van der Waals surface area contributed by atoms with Crippen LogP contribution >= 0.6 is 0 Å². The Hall–Kier alpha value is -1.81. The van der Waals surface area contributed by atoms with Gasteiger partial charge in [0.1, 0.15) is 11.5 Å². The van der Waals surface area contributed by atoms with Gasteiger partial charge in [-0.1, -0.05) is 6.92 Å². The molecule has 0 saturated carbocycles. The van der Waals surface area contributed by atoms with Gasteiger partial charge in [-0.15, -0.1) is 0 Å². The van der Waals surface area contributed by atoms with E-state index in [1.54, 1.807) is 12.1 Å². The maximum absolute atomic E-state index is 12.4. The summed E-state index contributed by atoms with van der Waals surface area (Å²) in [5.41, 5.74) is 2.16. The van der Waals surface area contributed by atoms with Gasteiger partial charge in [0.25, 0.3) is 0 Å². The number of hydrogen-bond acceptors (Lipinski definition) is 4. The molecule has 0 amide bonds. The van der Waals surface area contributed by atoms with Gasteiger partial charge in [-0.05, 0) is 56.9 Å². The Labute approximate surface area is 131 Å². The zero-order chi connectivity index (χ0) is 15.9. The molecule has 1 unspecified atom stereocenters. The monoisotopic (exact) mass is 301 g/mol. The number of likely N-dealkylation sites (tertiary alicyclic amines) is 1. The zero-order valence-corrected chi connectivity index (χ0v) is 13.5. The van der Waals surface area contributed by atoms with E-state index < -0.39 is 0 Å². The summed E-state index contributed by atoms with van der Waals surface area (Å²) >= 11 is 0. The van der Waals surface area contributed by atoms with Crippen molar-refractivity contribution in [2.75, 3.05) is 13.1 Å². The van der Waals surface area contributed by atoms with E-state index in [0.29, 0.717) is 29.5 Å². The third-order valence-electron chi connectivity index (χ3n) is 4.47. The molecule has 0 spiro atoms. The standard InChI is InChI=1S/C18H23NO3/c1-11(2)17-16(21)13-6-7-15(20)14(18(13)22-17)10-19-8-4-5-12(3)9-19/h6-7,12,20H,4-5,8-10H2,1-3H3. The number of ketones is 1. The number of phenolic OH excluding ortho intramolecular Hbond substituents is 1. The van der Waals surface area contributed by atoms with Crippen molar-refractivity contribution in [2.24, 2.45) is 5.92 Å². The van der Waals surface area contributed by atoms with Crippen LogP contribution in [0.3, 0.4) is 0 Å². The highest BCUT2D eigenvalue weighted by atomic mass is 16.5. The quantitative estimate of drug-likeness (QED) is 0.850. The predicted octanol–water partition coefficient (Wildman–Crippen LogP) is 3.49. The van der Waals surface area contributed by atoms with Crippen LogP contribution in [0.5, 0.6) is 11.5 Å². The zero-order valence-electron chi connectivity index (χ0n) is 13.5. The minimum atomic E-state index is -0.0803. The van der Waals surface area contributed by atoms with E-state index in [4.69, 9.17) is 4.74 Å². The lowest BCUT2D eigenvalue weighted by Gasteiger charge is -2.31. The number of rotatable bonds is 2. The number of benzene rings is 1. The first-order valence-electron chi connectivity index (χ1n) is 7.94. The Bertz CT molecular complexity index is 644. The molecule has 0 aromatic heterocycles. The van der Waals surface area contributed by atoms with Gasteiger partial charge in [-0.2, -0.15) is 0 Å². The van der Waals surface area contributed by atoms with Crippen LogP contribution in [0.1, 0.15) is 49.5 Å². The Morgan fingerprint density at radius 1 is 1.41 bits per heavy atom. The van der Waals surface area contributed by atoms with Gasteiger partial charge in [0.05, 0.1) is 11.1 Å². The number of phenols is 1. The molecule has 1 saturated heterocycles. The number of ether oxygens (including phenoxy) is 1. The topological polar surface area (TPSA) is 49.8 Å². The van der Waals surface area contributed by atoms with Crippen LogP contribution in [-0.2, 0) is 6.54 Å². The first-order chi connectivity index (χ1) is 10.5. The largest absolute Gasteiger partial charge is 0.507 e. The molecule has 1 atom stereocenters. The molecule has 2 aliphatic rings. The van der Waals surface area contributed by atoms with Gasteiger partial charge < -0.3 is 9.84 Å². The molecule has 1 fully saturated rings. The van der Waals surface area contributed by atoms with E-state index >= 15 is 0 Å². The molecule has 1 N–H and O–H groups in total. The maximum atomic E-state index is 12.4. The summed E-state index contributed by atoms with van der Waals surface area (Å²) in [5.74, 6) is 1.74. The average molecular weight is 301 g/mol. The van der Waals surface area contributed by atoms with Crippen molar-refractivity contribution in [3.63, 3.8) is 0 Å². The summed E-state index contributed by atoms with van der Waals surface area (Å²) in [6, 6.07) is 3.27. The summed E-state index contributed by atoms with van der Waals surface area (Å²) in [6.07, 6.45) is 2.43. The van der Waals surface area contributed by atoms with Crippen LogP contribution in [0.15, 0.2) is 23.5 Å². The van der Waals surface area contributed by atoms with Crippen LogP contribution in [-0.4, -0.2) is 28.9 Å². The van der Waals surface area contributed by atoms with Crippen molar-refractivity contribution < 1.29 is 14.6 Å². The molecule has 1 aromatic carbocycles. The molecule has 1 aromatic rings. The van der Waals surface area contributed by atoms with E-state index in [0.717, 1.165) is 24.2 Å². The Morgan fingerprint density at radius 3 is 2.86 bits per heavy atom. The molecule has 118 valence electrons. The van der Waals surface area contributed by atoms with E-state index in [9.17, 15) is 9.90 Å². The van der Waals surface area contributed by atoms with Crippen LogP contribution < -0.4 is 4.74 Å². The fraction of sp³-hybridized carbons (Fsp3) is 0.500. The van der Waals surface area contributed by atoms with Gasteiger partial charge in [-0.3, -0.25) is 9.69 Å². The van der Waals surface area contributed by atoms with Gasteiger partial charge in [-0.25, -0.2) is 0 Å². The fourth-order valence-electron chi connectivity index (χ4n) is 3.32. The summed E-state index contributed by atoms with van der Waals surface area (Å²) in [5, 5.41) is 10.2. The number of Topliss-reactive ketones (excluding diaryl/α,β-unsaturated/α-hetero) is 1. The molecule has 3 rings (SSSR count). The average Bonchev–Trinajstić information content (AvgIpc) is 2.80. The van der Waals surface area contributed by atoms with Crippen molar-refractivity contribution in [3.8, 4) is 11.5 Å². The Balaban J connectivity index is 1.94. The van der Waals surface area contributed by atoms with E-state index in [2.05, 4.69) is 11.8 Å². The van der Waals surface area contributed by atoms with Gasteiger partial charge in [0, 0.05) is 13.1 Å². The molecule has 2 heterocycles. The molecule has 22 heavy (non-hydrogen) atoms. The molecule has 0 bridgehead atoms. The number of hydrogen-bond donors (Lipinski definition) is 1. The van der Waals surface area contributed by atoms with E-state index in [-0.39, 0.29) is 11.5 Å². The second kappa shape index (κ2) is 5.76. The van der Waals surface area contributed by atoms with Crippen molar-refractivity contribution in [1.29, 1.82) is 0 Å². The summed E-state index contributed by atoms with van der Waals surface area (Å²) in [6.45, 7) is 8.66. The molecule has 0 aliphatic carbocycles. The third kappa shape index (κ3) is 2.63. The summed E-state index contributed by atoms with van der Waals surface area (Å²) in [7, 11) is 0. The van der Waals surface area contributed by atoms with Crippen molar-refractivity contribution in [1.82, 2.24) is 4.90 Å². The second-order valence-corrected chi connectivity index (χ2v) is 6.68. The van der Waals surface area contributed by atoms with Gasteiger partial charge >= 0.3 is 0 Å². The molecule has 2 aliphatic heterocycles. The van der Waals surface area contributed by atoms with E-state index in [1.807, 2.05) is 13.8 Å². The van der Waals surface area contributed by atoms with Gasteiger partial charge in [0.15, 0.2) is 5.76 Å². The molecular formula is C18H23NO3. The first kappa shape index (κ1) is 15.1. The van der Waals surface area contributed by atoms with Crippen molar-refractivity contribution in [2.45, 2.75) is 40.2 Å². The van der Waals surface area contributed by atoms with E-state index in [1.165, 1.54) is 12.8 Å². The third-order valence-corrected chi connectivity index (χ3v) is 4.47. The highest BCUT2D eigenvalue weighted by Crippen LogP contribution is 2.40.